The Morgan fingerprint density at radius 1 is 1.50 bits per heavy atom. The Balaban J connectivity index is 2.16. The first-order valence-electron chi connectivity index (χ1n) is 5.29. The van der Waals surface area contributed by atoms with Gasteiger partial charge in [-0.15, -0.1) is 0 Å². The number of benzene rings is 1. The van der Waals surface area contributed by atoms with Crippen LogP contribution in [0.15, 0.2) is 22.7 Å². The van der Waals surface area contributed by atoms with Gasteiger partial charge in [0.25, 0.3) is 0 Å². The van der Waals surface area contributed by atoms with E-state index in [9.17, 15) is 5.11 Å². The van der Waals surface area contributed by atoms with Crippen LogP contribution in [0, 0.1) is 5.92 Å². The quantitative estimate of drug-likeness (QED) is 0.931. The van der Waals surface area contributed by atoms with Crippen molar-refractivity contribution in [3.63, 3.8) is 0 Å². The molecule has 1 N–H and O–H groups in total. The smallest absolute Gasteiger partial charge is 0.122 e. The van der Waals surface area contributed by atoms with E-state index in [1.165, 1.54) is 5.56 Å². The molecule has 0 bridgehead atoms. The number of aliphatic hydroxyl groups is 1. The molecule has 1 aliphatic rings. The second kappa shape index (κ2) is 5.43. The maximum atomic E-state index is 9.81. The Bertz CT molecular complexity index is 370. The van der Waals surface area contributed by atoms with Crippen molar-refractivity contribution in [2.75, 3.05) is 18.6 Å². The summed E-state index contributed by atoms with van der Waals surface area (Å²) in [6.45, 7) is 0. The summed E-state index contributed by atoms with van der Waals surface area (Å²) in [5, 5.41) is 9.81. The molecule has 0 saturated carbocycles. The van der Waals surface area contributed by atoms with Crippen LogP contribution in [0.5, 0.6) is 5.75 Å². The average molecular weight is 303 g/mol. The molecule has 1 heterocycles. The van der Waals surface area contributed by atoms with Gasteiger partial charge in [0, 0.05) is 10.2 Å². The molecular weight excluding hydrogens is 288 g/mol. The van der Waals surface area contributed by atoms with Crippen molar-refractivity contribution < 1.29 is 9.84 Å². The van der Waals surface area contributed by atoms with Crippen molar-refractivity contribution in [1.29, 1.82) is 0 Å². The van der Waals surface area contributed by atoms with E-state index in [2.05, 4.69) is 22.0 Å². The lowest BCUT2D eigenvalue weighted by atomic mass is 9.96. The van der Waals surface area contributed by atoms with Crippen LogP contribution in [-0.4, -0.2) is 29.8 Å². The third kappa shape index (κ3) is 2.73. The fourth-order valence-corrected chi connectivity index (χ4v) is 3.67. The highest BCUT2D eigenvalue weighted by Gasteiger charge is 2.26. The molecule has 2 nitrogen and oxygen atoms in total. The van der Waals surface area contributed by atoms with Gasteiger partial charge in [0.2, 0.25) is 0 Å². The third-order valence-corrected chi connectivity index (χ3v) is 4.62. The molecule has 0 aromatic heterocycles. The van der Waals surface area contributed by atoms with Crippen molar-refractivity contribution >= 4 is 27.7 Å². The van der Waals surface area contributed by atoms with Crippen LogP contribution in [0.4, 0.5) is 0 Å². The van der Waals surface area contributed by atoms with Gasteiger partial charge < -0.3 is 9.84 Å². The molecule has 0 aliphatic carbocycles. The number of methoxy groups -OCH3 is 1. The van der Waals surface area contributed by atoms with Gasteiger partial charge in [-0.25, -0.2) is 0 Å². The zero-order valence-corrected chi connectivity index (χ0v) is 11.6. The Morgan fingerprint density at radius 2 is 2.31 bits per heavy atom. The molecule has 0 amide bonds. The normalized spacial score (nSPS) is 24.7. The van der Waals surface area contributed by atoms with Gasteiger partial charge in [-0.1, -0.05) is 15.9 Å². The maximum Gasteiger partial charge on any atom is 0.122 e. The SMILES string of the molecule is COc1ccc(Br)cc1CC1CSCC1O. The van der Waals surface area contributed by atoms with Crippen LogP contribution in [0.25, 0.3) is 0 Å². The zero-order valence-electron chi connectivity index (χ0n) is 9.15. The predicted molar refractivity (Wildman–Crippen MR) is 71.2 cm³/mol. The van der Waals surface area contributed by atoms with Crippen molar-refractivity contribution in [3.05, 3.63) is 28.2 Å². The summed E-state index contributed by atoms with van der Waals surface area (Å²) in [4.78, 5) is 0. The maximum absolute atomic E-state index is 9.81. The standard InChI is InChI=1S/C12H15BrO2S/c1-15-12-3-2-10(13)5-8(12)4-9-6-16-7-11(9)14/h2-3,5,9,11,14H,4,6-7H2,1H3. The summed E-state index contributed by atoms with van der Waals surface area (Å²) < 4.78 is 6.40. The van der Waals surface area contributed by atoms with Crippen LogP contribution in [0.2, 0.25) is 0 Å². The van der Waals surface area contributed by atoms with Gasteiger partial charge in [0.1, 0.15) is 5.75 Å². The first kappa shape index (κ1) is 12.3. The number of ether oxygens (including phenoxy) is 1. The van der Waals surface area contributed by atoms with Crippen molar-refractivity contribution in [1.82, 2.24) is 0 Å². The average Bonchev–Trinajstić information content (AvgIpc) is 2.65. The van der Waals surface area contributed by atoms with Gasteiger partial charge in [-0.05, 0) is 41.9 Å². The third-order valence-electron chi connectivity index (χ3n) is 2.89. The Kier molecular flexibility index (Phi) is 4.16. The van der Waals surface area contributed by atoms with E-state index in [0.717, 1.165) is 28.1 Å². The largest absolute Gasteiger partial charge is 0.496 e. The van der Waals surface area contributed by atoms with Crippen LogP contribution in [0.1, 0.15) is 5.56 Å². The number of thioether (sulfide) groups is 1. The Morgan fingerprint density at radius 3 is 2.94 bits per heavy atom. The van der Waals surface area contributed by atoms with E-state index in [1.807, 2.05) is 23.9 Å². The summed E-state index contributed by atoms with van der Waals surface area (Å²) >= 11 is 5.29. The second-order valence-corrected chi connectivity index (χ2v) is 6.02. The number of aliphatic hydroxyl groups excluding tert-OH is 1. The molecule has 0 spiro atoms. The van der Waals surface area contributed by atoms with Gasteiger partial charge >= 0.3 is 0 Å². The lowest BCUT2D eigenvalue weighted by Gasteiger charge is -2.15. The molecule has 1 fully saturated rings. The highest BCUT2D eigenvalue weighted by Crippen LogP contribution is 2.31. The molecule has 2 unspecified atom stereocenters. The first-order valence-corrected chi connectivity index (χ1v) is 7.23. The molecule has 1 aromatic carbocycles. The molecule has 16 heavy (non-hydrogen) atoms. The van der Waals surface area contributed by atoms with E-state index in [-0.39, 0.29) is 6.10 Å². The van der Waals surface area contributed by atoms with E-state index in [0.29, 0.717) is 5.92 Å². The topological polar surface area (TPSA) is 29.5 Å². The number of hydrogen-bond donors (Lipinski definition) is 1. The van der Waals surface area contributed by atoms with E-state index in [1.54, 1.807) is 7.11 Å². The van der Waals surface area contributed by atoms with Crippen LogP contribution >= 0.6 is 27.7 Å². The monoisotopic (exact) mass is 302 g/mol. The molecule has 1 saturated heterocycles. The summed E-state index contributed by atoms with van der Waals surface area (Å²) in [6.07, 6.45) is 0.713. The zero-order chi connectivity index (χ0) is 11.5. The van der Waals surface area contributed by atoms with Crippen molar-refractivity contribution in [2.45, 2.75) is 12.5 Å². The van der Waals surface area contributed by atoms with Crippen LogP contribution in [0.3, 0.4) is 0 Å². The summed E-state index contributed by atoms with van der Waals surface area (Å²) in [5.74, 6) is 3.16. The minimum Gasteiger partial charge on any atom is -0.496 e. The Labute approximate surface area is 109 Å². The molecular formula is C12H15BrO2S. The van der Waals surface area contributed by atoms with Gasteiger partial charge in [-0.2, -0.15) is 11.8 Å². The van der Waals surface area contributed by atoms with Crippen molar-refractivity contribution in [3.8, 4) is 5.75 Å². The van der Waals surface area contributed by atoms with E-state index < -0.39 is 0 Å². The van der Waals surface area contributed by atoms with Gasteiger partial charge in [-0.3, -0.25) is 0 Å². The molecule has 4 heteroatoms. The van der Waals surface area contributed by atoms with E-state index >= 15 is 0 Å². The van der Waals surface area contributed by atoms with Gasteiger partial charge in [0.05, 0.1) is 13.2 Å². The second-order valence-electron chi connectivity index (χ2n) is 4.03. The summed E-state index contributed by atoms with van der Waals surface area (Å²) in [6, 6.07) is 6.02. The highest BCUT2D eigenvalue weighted by atomic mass is 79.9. The minimum absolute atomic E-state index is 0.173. The molecule has 1 aromatic rings. The highest BCUT2D eigenvalue weighted by molar-refractivity contribution is 9.10. The number of hydrogen-bond acceptors (Lipinski definition) is 3. The van der Waals surface area contributed by atoms with Crippen molar-refractivity contribution in [2.24, 2.45) is 5.92 Å². The summed E-state index contributed by atoms with van der Waals surface area (Å²) in [5.41, 5.74) is 1.17. The minimum atomic E-state index is -0.173. The van der Waals surface area contributed by atoms with E-state index in [4.69, 9.17) is 4.74 Å². The van der Waals surface area contributed by atoms with Gasteiger partial charge in [0.15, 0.2) is 0 Å². The molecule has 2 atom stereocenters. The number of halogens is 1. The Hall–Kier alpha value is -0.190. The molecule has 0 radical (unpaired) electrons. The first-order chi connectivity index (χ1) is 7.70. The molecule has 88 valence electrons. The lowest BCUT2D eigenvalue weighted by molar-refractivity contribution is 0.149. The number of rotatable bonds is 3. The fourth-order valence-electron chi connectivity index (χ4n) is 1.97. The fraction of sp³-hybridized carbons (Fsp3) is 0.500. The molecule has 2 rings (SSSR count). The predicted octanol–water partition coefficient (Wildman–Crippen LogP) is 2.72. The van der Waals surface area contributed by atoms with Crippen LogP contribution in [-0.2, 0) is 6.42 Å². The van der Waals surface area contributed by atoms with Crippen LogP contribution < -0.4 is 4.74 Å². The summed E-state index contributed by atoms with van der Waals surface area (Å²) in [7, 11) is 1.69. The lowest BCUT2D eigenvalue weighted by Crippen LogP contribution is -2.20. The molecule has 1 aliphatic heterocycles.